The van der Waals surface area contributed by atoms with E-state index in [9.17, 15) is 14.7 Å². The van der Waals surface area contributed by atoms with Gasteiger partial charge < -0.3 is 20.4 Å². The summed E-state index contributed by atoms with van der Waals surface area (Å²) in [5.41, 5.74) is -1.93. The smallest absolute Gasteiger partial charge is 0.337 e. The molecule has 6 heteroatoms. The molecule has 1 atom stereocenters. The second-order valence-corrected chi connectivity index (χ2v) is 3.94. The number of carboxylic acids is 1. The summed E-state index contributed by atoms with van der Waals surface area (Å²) in [6.07, 6.45) is 4.65. The highest BCUT2D eigenvalue weighted by Gasteiger charge is 2.30. The zero-order chi connectivity index (χ0) is 12.2. The van der Waals surface area contributed by atoms with E-state index in [0.717, 1.165) is 13.3 Å². The van der Waals surface area contributed by atoms with Crippen LogP contribution in [0.2, 0.25) is 0 Å². The highest BCUT2D eigenvalue weighted by Crippen LogP contribution is 2.04. The summed E-state index contributed by atoms with van der Waals surface area (Å²) in [5, 5.41) is 20.4. The van der Waals surface area contributed by atoms with Crippen LogP contribution in [0.1, 0.15) is 13.3 Å². The first-order valence-electron chi connectivity index (χ1n) is 5.07. The van der Waals surface area contributed by atoms with E-state index in [0.29, 0.717) is 13.1 Å². The number of carboxylic acid groups (broad SMARTS) is 1. The maximum atomic E-state index is 11.5. The highest BCUT2D eigenvalue weighted by molar-refractivity contribution is 5.79. The van der Waals surface area contributed by atoms with Crippen molar-refractivity contribution in [2.45, 2.75) is 18.9 Å². The van der Waals surface area contributed by atoms with Gasteiger partial charge in [-0.05, 0) is 13.3 Å². The first-order chi connectivity index (χ1) is 7.43. The topological polar surface area (TPSA) is 89.9 Å². The van der Waals surface area contributed by atoms with Gasteiger partial charge in [-0.2, -0.15) is 0 Å². The molecule has 0 spiro atoms. The predicted molar refractivity (Wildman–Crippen MR) is 57.0 cm³/mol. The van der Waals surface area contributed by atoms with Crippen molar-refractivity contribution in [3.8, 4) is 0 Å². The van der Waals surface area contributed by atoms with E-state index < -0.39 is 11.6 Å². The Balaban J connectivity index is 2.40. The Kier molecular flexibility index (Phi) is 3.89. The van der Waals surface area contributed by atoms with Crippen molar-refractivity contribution >= 4 is 12.0 Å². The molecule has 0 aliphatic carbocycles. The number of amides is 2. The van der Waals surface area contributed by atoms with Crippen molar-refractivity contribution in [3.05, 3.63) is 12.2 Å². The summed E-state index contributed by atoms with van der Waals surface area (Å²) in [6.45, 7) is 1.96. The fourth-order valence-corrected chi connectivity index (χ4v) is 1.26. The second-order valence-electron chi connectivity index (χ2n) is 3.94. The molecule has 6 nitrogen and oxygen atoms in total. The van der Waals surface area contributed by atoms with Gasteiger partial charge >= 0.3 is 12.0 Å². The zero-order valence-electron chi connectivity index (χ0n) is 9.14. The molecule has 0 aromatic rings. The predicted octanol–water partition coefficient (Wildman–Crippen LogP) is -0.206. The van der Waals surface area contributed by atoms with Crippen LogP contribution in [-0.2, 0) is 4.79 Å². The number of nitrogens with zero attached hydrogens (tertiary/aromatic N) is 1. The molecule has 1 heterocycles. The lowest BCUT2D eigenvalue weighted by atomic mass is 10.1. The van der Waals surface area contributed by atoms with Crippen LogP contribution >= 0.6 is 0 Å². The average Bonchev–Trinajstić information content (AvgIpc) is 2.27. The van der Waals surface area contributed by atoms with E-state index >= 15 is 0 Å². The van der Waals surface area contributed by atoms with E-state index in [1.54, 1.807) is 4.90 Å². The molecule has 3 N–H and O–H groups in total. The second kappa shape index (κ2) is 4.98. The lowest BCUT2D eigenvalue weighted by Gasteiger charge is -2.25. The lowest BCUT2D eigenvalue weighted by molar-refractivity contribution is -0.155. The number of aliphatic hydroxyl groups is 1. The van der Waals surface area contributed by atoms with Gasteiger partial charge in [0.25, 0.3) is 0 Å². The van der Waals surface area contributed by atoms with E-state index in [1.807, 2.05) is 12.2 Å². The zero-order valence-corrected chi connectivity index (χ0v) is 9.14. The largest absolute Gasteiger partial charge is 0.479 e. The van der Waals surface area contributed by atoms with E-state index in [2.05, 4.69) is 5.32 Å². The molecule has 0 aromatic heterocycles. The third-order valence-corrected chi connectivity index (χ3v) is 2.39. The summed E-state index contributed by atoms with van der Waals surface area (Å²) in [7, 11) is 0. The average molecular weight is 228 g/mol. The number of hydrogen-bond donors (Lipinski definition) is 3. The van der Waals surface area contributed by atoms with Crippen LogP contribution in [-0.4, -0.2) is 52.3 Å². The van der Waals surface area contributed by atoms with Crippen LogP contribution in [0, 0.1) is 0 Å². The quantitative estimate of drug-likeness (QED) is 0.583. The van der Waals surface area contributed by atoms with Crippen molar-refractivity contribution in [2.24, 2.45) is 0 Å². The Morgan fingerprint density at radius 3 is 2.69 bits per heavy atom. The minimum atomic E-state index is -1.93. The van der Waals surface area contributed by atoms with Crippen molar-refractivity contribution in [2.75, 3.05) is 19.6 Å². The van der Waals surface area contributed by atoms with Gasteiger partial charge in [-0.25, -0.2) is 9.59 Å². The van der Waals surface area contributed by atoms with Crippen LogP contribution in [0.25, 0.3) is 0 Å². The molecule has 0 saturated heterocycles. The summed E-state index contributed by atoms with van der Waals surface area (Å²) in [5.74, 6) is -1.36. The normalized spacial score (nSPS) is 19.0. The maximum absolute atomic E-state index is 11.5. The molecular formula is C10H16N2O4. The standard InChI is InChI=1S/C10H16N2O4/c1-10(16,8(13)14)7-11-9(15)12-5-3-2-4-6-12/h2-3,16H,4-7H2,1H3,(H,11,15)(H,13,14). The van der Waals surface area contributed by atoms with E-state index in [1.165, 1.54) is 0 Å². The third-order valence-electron chi connectivity index (χ3n) is 2.39. The minimum absolute atomic E-state index is 0.304. The monoisotopic (exact) mass is 228 g/mol. The number of urea groups is 1. The van der Waals surface area contributed by atoms with Gasteiger partial charge in [0.1, 0.15) is 0 Å². The van der Waals surface area contributed by atoms with Gasteiger partial charge in [0.15, 0.2) is 5.60 Å². The van der Waals surface area contributed by atoms with Gasteiger partial charge in [-0.3, -0.25) is 0 Å². The third kappa shape index (κ3) is 3.23. The van der Waals surface area contributed by atoms with Crippen LogP contribution in [0.3, 0.4) is 0 Å². The van der Waals surface area contributed by atoms with Crippen LogP contribution in [0.15, 0.2) is 12.2 Å². The molecule has 16 heavy (non-hydrogen) atoms. The fraction of sp³-hybridized carbons (Fsp3) is 0.600. The first-order valence-corrected chi connectivity index (χ1v) is 5.07. The molecule has 2 amide bonds. The molecule has 1 unspecified atom stereocenters. The van der Waals surface area contributed by atoms with Gasteiger partial charge in [0.05, 0.1) is 6.54 Å². The lowest BCUT2D eigenvalue weighted by Crippen LogP contribution is -2.50. The van der Waals surface area contributed by atoms with Crippen molar-refractivity contribution in [1.29, 1.82) is 0 Å². The van der Waals surface area contributed by atoms with Crippen LogP contribution in [0.4, 0.5) is 4.79 Å². The van der Waals surface area contributed by atoms with Crippen molar-refractivity contribution in [3.63, 3.8) is 0 Å². The number of hydrogen-bond acceptors (Lipinski definition) is 3. The number of carbonyl (C=O) groups excluding carboxylic acids is 1. The molecular weight excluding hydrogens is 212 g/mol. The Morgan fingerprint density at radius 2 is 2.19 bits per heavy atom. The number of aliphatic carboxylic acids is 1. The molecule has 1 rings (SSSR count). The van der Waals surface area contributed by atoms with Gasteiger partial charge in [-0.15, -0.1) is 0 Å². The Hall–Kier alpha value is -1.56. The SMILES string of the molecule is CC(O)(CNC(=O)N1CC=CCC1)C(=O)O. The molecule has 0 radical (unpaired) electrons. The van der Waals surface area contributed by atoms with E-state index in [-0.39, 0.29) is 12.6 Å². The Labute approximate surface area is 93.5 Å². The summed E-state index contributed by atoms with van der Waals surface area (Å²) in [4.78, 5) is 23.7. The number of carbonyl (C=O) groups is 2. The molecule has 0 bridgehead atoms. The van der Waals surface area contributed by atoms with E-state index in [4.69, 9.17) is 5.11 Å². The van der Waals surface area contributed by atoms with Crippen LogP contribution < -0.4 is 5.32 Å². The van der Waals surface area contributed by atoms with Gasteiger partial charge in [0, 0.05) is 13.1 Å². The number of rotatable bonds is 3. The summed E-state index contributed by atoms with van der Waals surface area (Å²) >= 11 is 0. The fourth-order valence-electron chi connectivity index (χ4n) is 1.26. The first kappa shape index (κ1) is 12.5. The highest BCUT2D eigenvalue weighted by atomic mass is 16.4. The molecule has 90 valence electrons. The molecule has 0 saturated carbocycles. The van der Waals surface area contributed by atoms with Gasteiger partial charge in [-0.1, -0.05) is 12.2 Å². The molecule has 1 aliphatic rings. The molecule has 0 fully saturated rings. The summed E-state index contributed by atoms with van der Waals surface area (Å²) < 4.78 is 0. The number of nitrogens with one attached hydrogen (secondary N) is 1. The maximum Gasteiger partial charge on any atom is 0.337 e. The molecule has 1 aliphatic heterocycles. The Morgan fingerprint density at radius 1 is 1.50 bits per heavy atom. The minimum Gasteiger partial charge on any atom is -0.479 e. The summed E-state index contributed by atoms with van der Waals surface area (Å²) in [6, 6.07) is -0.356. The molecule has 0 aromatic carbocycles. The van der Waals surface area contributed by atoms with Gasteiger partial charge in [0.2, 0.25) is 0 Å². The van der Waals surface area contributed by atoms with Crippen molar-refractivity contribution in [1.82, 2.24) is 10.2 Å². The Bertz CT molecular complexity index is 312. The van der Waals surface area contributed by atoms with Crippen molar-refractivity contribution < 1.29 is 19.8 Å². The van der Waals surface area contributed by atoms with Crippen LogP contribution in [0.5, 0.6) is 0 Å².